The molecule has 1 aliphatic carbocycles. The average Bonchev–Trinajstić information content (AvgIpc) is 3.23. The standard InChI is InChI=1S/C20H28N2O3/c23-18(8-7-17-6-2-13-25-17)22-12-10-20(15-22)9-3-11-21(19(20)24)14-16-4-1-5-16/h2,6,13,16H,1,3-5,7-12,14-15H2/t20-/m1/s1. The smallest absolute Gasteiger partial charge is 0.230 e. The van der Waals surface area contributed by atoms with Gasteiger partial charge in [-0.1, -0.05) is 6.42 Å². The average molecular weight is 344 g/mol. The highest BCUT2D eigenvalue weighted by atomic mass is 16.3. The molecule has 0 radical (unpaired) electrons. The third-order valence-electron chi connectivity index (χ3n) is 6.40. The number of hydrogen-bond acceptors (Lipinski definition) is 3. The van der Waals surface area contributed by atoms with Crippen LogP contribution in [0.15, 0.2) is 22.8 Å². The third-order valence-corrected chi connectivity index (χ3v) is 6.40. The predicted octanol–water partition coefficient (Wildman–Crippen LogP) is 2.85. The number of furan rings is 1. The van der Waals surface area contributed by atoms with Crippen molar-refractivity contribution in [2.75, 3.05) is 26.2 Å². The quantitative estimate of drug-likeness (QED) is 0.825. The second kappa shape index (κ2) is 6.85. The maximum Gasteiger partial charge on any atom is 0.230 e. The van der Waals surface area contributed by atoms with E-state index >= 15 is 0 Å². The number of likely N-dealkylation sites (tertiary alicyclic amines) is 2. The first-order chi connectivity index (χ1) is 12.2. The van der Waals surface area contributed by atoms with Gasteiger partial charge in [-0.05, 0) is 50.2 Å². The highest BCUT2D eigenvalue weighted by Crippen LogP contribution is 2.41. The molecule has 2 saturated heterocycles. The fourth-order valence-corrected chi connectivity index (χ4v) is 4.62. The van der Waals surface area contributed by atoms with Gasteiger partial charge in [-0.3, -0.25) is 9.59 Å². The van der Waals surface area contributed by atoms with Gasteiger partial charge in [0.1, 0.15) is 5.76 Å². The first-order valence-electron chi connectivity index (χ1n) is 9.76. The van der Waals surface area contributed by atoms with Gasteiger partial charge in [0.15, 0.2) is 0 Å². The van der Waals surface area contributed by atoms with Crippen LogP contribution < -0.4 is 0 Å². The molecule has 1 aromatic rings. The van der Waals surface area contributed by atoms with E-state index in [1.54, 1.807) is 6.26 Å². The molecular formula is C20H28N2O3. The maximum atomic E-state index is 13.1. The molecule has 2 amide bonds. The van der Waals surface area contributed by atoms with Crippen LogP contribution in [0.25, 0.3) is 0 Å². The number of piperidine rings is 1. The summed E-state index contributed by atoms with van der Waals surface area (Å²) in [7, 11) is 0. The van der Waals surface area contributed by atoms with Crippen molar-refractivity contribution in [1.82, 2.24) is 9.80 Å². The van der Waals surface area contributed by atoms with Gasteiger partial charge in [-0.25, -0.2) is 0 Å². The van der Waals surface area contributed by atoms with Gasteiger partial charge >= 0.3 is 0 Å². The molecule has 0 bridgehead atoms. The van der Waals surface area contributed by atoms with Crippen LogP contribution in [0, 0.1) is 11.3 Å². The van der Waals surface area contributed by atoms with Gasteiger partial charge in [0.2, 0.25) is 11.8 Å². The van der Waals surface area contributed by atoms with Crippen LogP contribution in [-0.4, -0.2) is 47.8 Å². The summed E-state index contributed by atoms with van der Waals surface area (Å²) in [6, 6.07) is 3.75. The first kappa shape index (κ1) is 16.7. The minimum Gasteiger partial charge on any atom is -0.469 e. The molecule has 1 saturated carbocycles. The Balaban J connectivity index is 1.34. The lowest BCUT2D eigenvalue weighted by Crippen LogP contribution is -2.52. The minimum absolute atomic E-state index is 0.150. The van der Waals surface area contributed by atoms with Crippen molar-refractivity contribution in [3.05, 3.63) is 24.2 Å². The summed E-state index contributed by atoms with van der Waals surface area (Å²) in [5.41, 5.74) is -0.303. The van der Waals surface area contributed by atoms with Crippen molar-refractivity contribution in [2.45, 2.75) is 51.4 Å². The second-order valence-electron chi connectivity index (χ2n) is 8.08. The molecule has 2 aliphatic heterocycles. The lowest BCUT2D eigenvalue weighted by Gasteiger charge is -2.42. The van der Waals surface area contributed by atoms with Crippen molar-refractivity contribution in [3.8, 4) is 0 Å². The number of aryl methyl sites for hydroxylation is 1. The Morgan fingerprint density at radius 3 is 2.84 bits per heavy atom. The molecule has 1 aromatic heterocycles. The van der Waals surface area contributed by atoms with Gasteiger partial charge < -0.3 is 14.2 Å². The number of rotatable bonds is 5. The molecule has 3 heterocycles. The molecule has 4 rings (SSSR count). The molecule has 25 heavy (non-hydrogen) atoms. The zero-order valence-electron chi connectivity index (χ0n) is 14.9. The maximum absolute atomic E-state index is 13.1. The molecular weight excluding hydrogens is 316 g/mol. The number of hydrogen-bond donors (Lipinski definition) is 0. The fourth-order valence-electron chi connectivity index (χ4n) is 4.62. The molecule has 0 N–H and O–H groups in total. The van der Waals surface area contributed by atoms with Crippen molar-refractivity contribution in [1.29, 1.82) is 0 Å². The lowest BCUT2D eigenvalue weighted by atomic mass is 9.77. The Morgan fingerprint density at radius 2 is 2.12 bits per heavy atom. The Kier molecular flexibility index (Phi) is 4.57. The zero-order chi connectivity index (χ0) is 17.3. The zero-order valence-corrected chi connectivity index (χ0v) is 14.9. The van der Waals surface area contributed by atoms with Crippen molar-refractivity contribution >= 4 is 11.8 Å². The third kappa shape index (κ3) is 3.33. The normalized spacial score (nSPS) is 27.1. The lowest BCUT2D eigenvalue weighted by molar-refractivity contribution is -0.147. The largest absolute Gasteiger partial charge is 0.469 e. The summed E-state index contributed by atoms with van der Waals surface area (Å²) < 4.78 is 5.31. The topological polar surface area (TPSA) is 53.8 Å². The summed E-state index contributed by atoms with van der Waals surface area (Å²) >= 11 is 0. The summed E-state index contributed by atoms with van der Waals surface area (Å²) in [5.74, 6) is 2.03. The molecule has 0 unspecified atom stereocenters. The Bertz CT molecular complexity index is 623. The van der Waals surface area contributed by atoms with Crippen molar-refractivity contribution < 1.29 is 14.0 Å². The predicted molar refractivity (Wildman–Crippen MR) is 93.8 cm³/mol. The highest BCUT2D eigenvalue weighted by molar-refractivity contribution is 5.86. The summed E-state index contributed by atoms with van der Waals surface area (Å²) in [6.07, 6.45) is 9.45. The Labute approximate surface area is 149 Å². The van der Waals surface area contributed by atoms with Crippen molar-refractivity contribution in [3.63, 3.8) is 0 Å². The monoisotopic (exact) mass is 344 g/mol. The fraction of sp³-hybridized carbons (Fsp3) is 0.700. The summed E-state index contributed by atoms with van der Waals surface area (Å²) in [4.78, 5) is 29.7. The van der Waals surface area contributed by atoms with Gasteiger partial charge in [0, 0.05) is 39.0 Å². The van der Waals surface area contributed by atoms with Crippen LogP contribution >= 0.6 is 0 Å². The van der Waals surface area contributed by atoms with Crippen LogP contribution in [-0.2, 0) is 16.0 Å². The van der Waals surface area contributed by atoms with Crippen LogP contribution in [0.3, 0.4) is 0 Å². The number of carbonyl (C=O) groups is 2. The van der Waals surface area contributed by atoms with Gasteiger partial charge in [0.25, 0.3) is 0 Å². The van der Waals surface area contributed by atoms with Crippen LogP contribution in [0.5, 0.6) is 0 Å². The number of carbonyl (C=O) groups excluding carboxylic acids is 2. The van der Waals surface area contributed by atoms with Gasteiger partial charge in [-0.2, -0.15) is 0 Å². The molecule has 136 valence electrons. The van der Waals surface area contributed by atoms with E-state index in [1.165, 1.54) is 19.3 Å². The van der Waals surface area contributed by atoms with Crippen LogP contribution in [0.1, 0.15) is 50.7 Å². The molecule has 5 heteroatoms. The van der Waals surface area contributed by atoms with E-state index in [4.69, 9.17) is 4.42 Å². The molecule has 3 fully saturated rings. The van der Waals surface area contributed by atoms with Gasteiger partial charge in [0.05, 0.1) is 11.7 Å². The molecule has 5 nitrogen and oxygen atoms in total. The molecule has 1 atom stereocenters. The number of amides is 2. The number of nitrogens with zero attached hydrogens (tertiary/aromatic N) is 2. The van der Waals surface area contributed by atoms with E-state index in [-0.39, 0.29) is 11.3 Å². The van der Waals surface area contributed by atoms with Gasteiger partial charge in [-0.15, -0.1) is 0 Å². The Morgan fingerprint density at radius 1 is 1.24 bits per heavy atom. The summed E-state index contributed by atoms with van der Waals surface area (Å²) in [6.45, 7) is 3.18. The van der Waals surface area contributed by atoms with E-state index in [1.807, 2.05) is 17.0 Å². The van der Waals surface area contributed by atoms with Crippen molar-refractivity contribution in [2.24, 2.45) is 11.3 Å². The van der Waals surface area contributed by atoms with Crippen LogP contribution in [0.2, 0.25) is 0 Å². The molecule has 0 aromatic carbocycles. The van der Waals surface area contributed by atoms with E-state index < -0.39 is 0 Å². The molecule has 1 spiro atoms. The minimum atomic E-state index is -0.303. The van der Waals surface area contributed by atoms with E-state index in [0.717, 1.165) is 44.7 Å². The van der Waals surface area contributed by atoms with Crippen LogP contribution in [0.4, 0.5) is 0 Å². The van der Waals surface area contributed by atoms with E-state index in [2.05, 4.69) is 4.90 Å². The van der Waals surface area contributed by atoms with E-state index in [9.17, 15) is 9.59 Å². The van der Waals surface area contributed by atoms with E-state index in [0.29, 0.717) is 31.2 Å². The second-order valence-corrected chi connectivity index (χ2v) is 8.08. The Hall–Kier alpha value is -1.78. The SMILES string of the molecule is O=C(CCc1ccco1)N1CC[C@]2(CCCN(CC3CCC3)C2=O)C1. The molecule has 3 aliphatic rings. The first-order valence-corrected chi connectivity index (χ1v) is 9.76. The highest BCUT2D eigenvalue weighted by Gasteiger charge is 2.49. The summed E-state index contributed by atoms with van der Waals surface area (Å²) in [5, 5.41) is 0.